The smallest absolute Gasteiger partial charge is 0.240 e. The Morgan fingerprint density at radius 2 is 1.67 bits per heavy atom. The highest BCUT2D eigenvalue weighted by Crippen LogP contribution is 2.24. The SMILES string of the molecule is CN(CC(O)C(O)C(O)C(O)CO)c1ccc(N)c(S(N)(=O)=O)c1. The fraction of sp³-hybridized carbons (Fsp3) is 0.538. The molecule has 0 heterocycles. The molecule has 0 saturated carbocycles. The Labute approximate surface area is 139 Å². The fourth-order valence-electron chi connectivity index (χ4n) is 2.06. The molecule has 11 heteroatoms. The molecule has 0 aliphatic heterocycles. The van der Waals surface area contributed by atoms with Crippen LogP contribution in [0.1, 0.15) is 0 Å². The summed E-state index contributed by atoms with van der Waals surface area (Å²) < 4.78 is 22.9. The molecule has 138 valence electrons. The van der Waals surface area contributed by atoms with Crippen molar-refractivity contribution in [3.05, 3.63) is 18.2 Å². The Hall–Kier alpha value is -1.47. The Balaban J connectivity index is 2.90. The summed E-state index contributed by atoms with van der Waals surface area (Å²) in [5.74, 6) is 0. The van der Waals surface area contributed by atoms with Gasteiger partial charge in [0.05, 0.1) is 18.4 Å². The molecule has 4 atom stereocenters. The van der Waals surface area contributed by atoms with Crippen molar-refractivity contribution in [1.82, 2.24) is 0 Å². The van der Waals surface area contributed by atoms with E-state index in [2.05, 4.69) is 0 Å². The molecule has 1 aromatic rings. The van der Waals surface area contributed by atoms with Gasteiger partial charge in [0.1, 0.15) is 23.2 Å². The summed E-state index contributed by atoms with van der Waals surface area (Å²) in [4.78, 5) is 1.12. The third-order valence-corrected chi connectivity index (χ3v) is 4.50. The van der Waals surface area contributed by atoms with Gasteiger partial charge in [-0.1, -0.05) is 0 Å². The van der Waals surface area contributed by atoms with Crippen molar-refractivity contribution in [2.75, 3.05) is 30.8 Å². The van der Waals surface area contributed by atoms with Gasteiger partial charge < -0.3 is 36.2 Å². The van der Waals surface area contributed by atoms with E-state index in [1.807, 2.05) is 0 Å². The Morgan fingerprint density at radius 3 is 2.17 bits per heavy atom. The Morgan fingerprint density at radius 1 is 1.12 bits per heavy atom. The molecular weight excluding hydrogens is 342 g/mol. The number of nitrogens with two attached hydrogens (primary N) is 2. The number of likely N-dealkylation sites (N-methyl/N-ethyl adjacent to an activating group) is 1. The number of anilines is 2. The van der Waals surface area contributed by atoms with E-state index in [0.29, 0.717) is 5.69 Å². The van der Waals surface area contributed by atoms with Crippen LogP contribution in [0.4, 0.5) is 11.4 Å². The number of nitrogen functional groups attached to an aromatic ring is 1. The summed E-state index contributed by atoms with van der Waals surface area (Å²) >= 11 is 0. The molecule has 4 unspecified atom stereocenters. The van der Waals surface area contributed by atoms with Crippen LogP contribution in [-0.2, 0) is 10.0 Å². The highest BCUT2D eigenvalue weighted by molar-refractivity contribution is 7.89. The zero-order chi connectivity index (χ0) is 18.7. The largest absolute Gasteiger partial charge is 0.398 e. The number of primary sulfonamides is 1. The first-order valence-corrected chi connectivity index (χ1v) is 8.50. The highest BCUT2D eigenvalue weighted by Gasteiger charge is 2.30. The van der Waals surface area contributed by atoms with Crippen LogP contribution < -0.4 is 15.8 Å². The lowest BCUT2D eigenvalue weighted by molar-refractivity contribution is -0.112. The molecule has 24 heavy (non-hydrogen) atoms. The zero-order valence-corrected chi connectivity index (χ0v) is 13.8. The first kappa shape index (κ1) is 20.6. The van der Waals surface area contributed by atoms with E-state index in [1.165, 1.54) is 30.1 Å². The molecule has 9 N–H and O–H groups in total. The van der Waals surface area contributed by atoms with Gasteiger partial charge in [0.25, 0.3) is 0 Å². The van der Waals surface area contributed by atoms with Crippen LogP contribution in [0.25, 0.3) is 0 Å². The number of hydrogen-bond donors (Lipinski definition) is 7. The number of nitrogens with zero attached hydrogens (tertiary/aromatic N) is 1. The van der Waals surface area contributed by atoms with Crippen LogP contribution in [0.3, 0.4) is 0 Å². The van der Waals surface area contributed by atoms with Gasteiger partial charge in [-0.15, -0.1) is 0 Å². The maximum absolute atomic E-state index is 11.5. The standard InChI is InChI=1S/C13H23N3O7S/c1-16(5-9(18)12(20)13(21)10(19)6-17)7-2-3-8(14)11(4-7)24(15,22)23/h2-4,9-10,12-13,17-21H,5-6,14H2,1H3,(H2,15,22,23). The second-order valence-corrected chi connectivity index (χ2v) is 6.98. The van der Waals surface area contributed by atoms with E-state index in [9.17, 15) is 28.8 Å². The van der Waals surface area contributed by atoms with Crippen molar-refractivity contribution in [3.63, 3.8) is 0 Å². The number of aliphatic hydroxyl groups is 5. The topological polar surface area (TPSA) is 191 Å². The summed E-state index contributed by atoms with van der Waals surface area (Å²) in [6.07, 6.45) is -6.56. The van der Waals surface area contributed by atoms with Crippen molar-refractivity contribution in [1.29, 1.82) is 0 Å². The maximum Gasteiger partial charge on any atom is 0.240 e. The average Bonchev–Trinajstić information content (AvgIpc) is 2.51. The molecule has 0 spiro atoms. The number of hydrogen-bond acceptors (Lipinski definition) is 9. The van der Waals surface area contributed by atoms with E-state index in [0.717, 1.165) is 0 Å². The summed E-state index contributed by atoms with van der Waals surface area (Å²) in [5, 5.41) is 52.4. The van der Waals surface area contributed by atoms with Gasteiger partial charge in [-0.2, -0.15) is 0 Å². The normalized spacial score (nSPS) is 17.1. The molecule has 0 bridgehead atoms. The van der Waals surface area contributed by atoms with E-state index in [1.54, 1.807) is 0 Å². The summed E-state index contributed by atoms with van der Waals surface area (Å²) in [7, 11) is -2.52. The monoisotopic (exact) mass is 365 g/mol. The fourth-order valence-corrected chi connectivity index (χ4v) is 2.75. The lowest BCUT2D eigenvalue weighted by atomic mass is 10.0. The van der Waals surface area contributed by atoms with Gasteiger partial charge in [-0.25, -0.2) is 13.6 Å². The Kier molecular flexibility index (Phi) is 6.92. The maximum atomic E-state index is 11.5. The van der Waals surface area contributed by atoms with Crippen molar-refractivity contribution >= 4 is 21.4 Å². The molecule has 0 fully saturated rings. The zero-order valence-electron chi connectivity index (χ0n) is 13.0. The molecule has 0 aliphatic rings. The lowest BCUT2D eigenvalue weighted by Gasteiger charge is -2.29. The van der Waals surface area contributed by atoms with Crippen LogP contribution in [0.15, 0.2) is 23.1 Å². The van der Waals surface area contributed by atoms with Crippen LogP contribution in [0.5, 0.6) is 0 Å². The van der Waals surface area contributed by atoms with Crippen molar-refractivity contribution in [2.24, 2.45) is 5.14 Å². The second-order valence-electron chi connectivity index (χ2n) is 5.45. The number of benzene rings is 1. The highest BCUT2D eigenvalue weighted by atomic mass is 32.2. The van der Waals surface area contributed by atoms with E-state index < -0.39 is 41.0 Å². The van der Waals surface area contributed by atoms with Gasteiger partial charge in [0.2, 0.25) is 10.0 Å². The minimum Gasteiger partial charge on any atom is -0.398 e. The van der Waals surface area contributed by atoms with E-state index in [-0.39, 0.29) is 17.1 Å². The molecular formula is C13H23N3O7S. The van der Waals surface area contributed by atoms with Crippen LogP contribution in [-0.4, -0.2) is 78.6 Å². The van der Waals surface area contributed by atoms with Crippen molar-refractivity contribution < 1.29 is 34.0 Å². The van der Waals surface area contributed by atoms with Crippen LogP contribution >= 0.6 is 0 Å². The predicted molar refractivity (Wildman–Crippen MR) is 86.6 cm³/mol. The first-order valence-electron chi connectivity index (χ1n) is 6.95. The van der Waals surface area contributed by atoms with Crippen LogP contribution in [0, 0.1) is 0 Å². The number of rotatable bonds is 8. The molecule has 1 aromatic carbocycles. The molecule has 0 amide bonds. The predicted octanol–water partition coefficient (Wildman–Crippen LogP) is -3.21. The third kappa shape index (κ3) is 5.01. The van der Waals surface area contributed by atoms with Gasteiger partial charge in [0.15, 0.2) is 0 Å². The first-order chi connectivity index (χ1) is 11.0. The van der Waals surface area contributed by atoms with Gasteiger partial charge in [0, 0.05) is 19.3 Å². The van der Waals surface area contributed by atoms with E-state index in [4.69, 9.17) is 16.0 Å². The lowest BCUT2D eigenvalue weighted by Crippen LogP contribution is -2.49. The summed E-state index contributed by atoms with van der Waals surface area (Å²) in [6.45, 7) is -0.985. The van der Waals surface area contributed by atoms with Crippen molar-refractivity contribution in [2.45, 2.75) is 29.3 Å². The Bertz CT molecular complexity index is 655. The van der Waals surface area contributed by atoms with E-state index >= 15 is 0 Å². The van der Waals surface area contributed by atoms with Crippen LogP contribution in [0.2, 0.25) is 0 Å². The third-order valence-electron chi connectivity index (χ3n) is 3.53. The summed E-state index contributed by atoms with van der Waals surface area (Å²) in [5.41, 5.74) is 5.88. The molecule has 0 saturated heterocycles. The minimum absolute atomic E-state index is 0.0308. The number of sulfonamides is 1. The summed E-state index contributed by atoms with van der Waals surface area (Å²) in [6, 6.07) is 4.03. The molecule has 1 rings (SSSR count). The van der Waals surface area contributed by atoms with Gasteiger partial charge in [-0.05, 0) is 18.2 Å². The molecule has 0 aromatic heterocycles. The number of aliphatic hydroxyl groups excluding tert-OH is 5. The average molecular weight is 365 g/mol. The van der Waals surface area contributed by atoms with Gasteiger partial charge >= 0.3 is 0 Å². The quantitative estimate of drug-likeness (QED) is 0.232. The van der Waals surface area contributed by atoms with Gasteiger partial charge in [-0.3, -0.25) is 0 Å². The molecule has 10 nitrogen and oxygen atoms in total. The van der Waals surface area contributed by atoms with Crippen molar-refractivity contribution in [3.8, 4) is 0 Å². The minimum atomic E-state index is -4.03. The molecule has 0 aliphatic carbocycles. The molecule has 0 radical (unpaired) electrons. The second kappa shape index (κ2) is 8.07.